The Kier molecular flexibility index (Phi) is 4.09. The average molecular weight is 237 g/mol. The number of hydrogen-bond acceptors (Lipinski definition) is 4. The number of Topliss-reactive ketones (excluding diaryl/α,β-unsaturated/α-hetero) is 1. The number of phenolic OH excluding ortho intramolecular Hbond substituents is 2. The second kappa shape index (κ2) is 5.34. The number of carbonyl (C=O) groups excluding carboxylic acids is 2. The van der Waals surface area contributed by atoms with E-state index in [9.17, 15) is 19.8 Å². The van der Waals surface area contributed by atoms with E-state index < -0.39 is 11.9 Å². The van der Waals surface area contributed by atoms with Crippen molar-refractivity contribution in [3.05, 3.63) is 23.8 Å². The molecule has 5 nitrogen and oxygen atoms in total. The van der Waals surface area contributed by atoms with Crippen LogP contribution >= 0.6 is 0 Å². The molecule has 1 aromatic rings. The lowest BCUT2D eigenvalue weighted by molar-refractivity contribution is -0.120. The Bertz CT molecular complexity index is 442. The van der Waals surface area contributed by atoms with Crippen molar-refractivity contribution >= 4 is 11.7 Å². The van der Waals surface area contributed by atoms with E-state index >= 15 is 0 Å². The molecular weight excluding hydrogens is 222 g/mol. The van der Waals surface area contributed by atoms with Gasteiger partial charge in [0.15, 0.2) is 5.78 Å². The van der Waals surface area contributed by atoms with Crippen molar-refractivity contribution in [3.8, 4) is 11.5 Å². The summed E-state index contributed by atoms with van der Waals surface area (Å²) in [5.41, 5.74) is -0.0549. The quantitative estimate of drug-likeness (QED) is 0.686. The van der Waals surface area contributed by atoms with E-state index in [1.165, 1.54) is 12.1 Å². The van der Waals surface area contributed by atoms with E-state index in [4.69, 9.17) is 0 Å². The van der Waals surface area contributed by atoms with E-state index in [0.717, 1.165) is 6.07 Å². The lowest BCUT2D eigenvalue weighted by Gasteiger charge is -2.12. The largest absolute Gasteiger partial charge is 0.508 e. The Morgan fingerprint density at radius 2 is 2.00 bits per heavy atom. The van der Waals surface area contributed by atoms with Gasteiger partial charge < -0.3 is 15.5 Å². The van der Waals surface area contributed by atoms with Crippen molar-refractivity contribution in [1.29, 1.82) is 0 Å². The van der Waals surface area contributed by atoms with Gasteiger partial charge in [0.25, 0.3) is 5.91 Å². The molecule has 0 fully saturated rings. The van der Waals surface area contributed by atoms with Crippen LogP contribution in [-0.2, 0) is 4.79 Å². The first kappa shape index (κ1) is 13.0. The molecule has 0 bridgehead atoms. The van der Waals surface area contributed by atoms with Crippen LogP contribution < -0.4 is 5.32 Å². The van der Waals surface area contributed by atoms with Gasteiger partial charge in [0, 0.05) is 6.42 Å². The number of amides is 1. The number of carbonyl (C=O) groups is 2. The van der Waals surface area contributed by atoms with Crippen molar-refractivity contribution in [3.63, 3.8) is 0 Å². The predicted molar refractivity (Wildman–Crippen MR) is 62.0 cm³/mol. The molecule has 0 aliphatic carbocycles. The van der Waals surface area contributed by atoms with Crippen molar-refractivity contribution in [2.24, 2.45) is 0 Å². The monoisotopic (exact) mass is 237 g/mol. The summed E-state index contributed by atoms with van der Waals surface area (Å²) in [4.78, 5) is 23.0. The Labute approximate surface area is 99.1 Å². The second-order valence-electron chi connectivity index (χ2n) is 3.72. The molecule has 3 N–H and O–H groups in total. The number of rotatable bonds is 4. The van der Waals surface area contributed by atoms with Crippen LogP contribution in [0.5, 0.6) is 11.5 Å². The highest BCUT2D eigenvalue weighted by molar-refractivity contribution is 6.00. The van der Waals surface area contributed by atoms with Crippen molar-refractivity contribution < 1.29 is 19.8 Å². The molecule has 17 heavy (non-hydrogen) atoms. The zero-order valence-corrected chi connectivity index (χ0v) is 9.73. The van der Waals surface area contributed by atoms with Gasteiger partial charge in [-0.2, -0.15) is 0 Å². The summed E-state index contributed by atoms with van der Waals surface area (Å²) in [6.07, 6.45) is 0.327. The van der Waals surface area contributed by atoms with Gasteiger partial charge in [-0.3, -0.25) is 9.59 Å². The van der Waals surface area contributed by atoms with Crippen molar-refractivity contribution in [1.82, 2.24) is 5.32 Å². The van der Waals surface area contributed by atoms with Crippen molar-refractivity contribution in [2.75, 3.05) is 0 Å². The van der Waals surface area contributed by atoms with Gasteiger partial charge in [0.1, 0.15) is 11.5 Å². The zero-order chi connectivity index (χ0) is 13.0. The molecular formula is C12H15NO4. The third-order valence-electron chi connectivity index (χ3n) is 2.40. The van der Waals surface area contributed by atoms with Crippen LogP contribution in [0.25, 0.3) is 0 Å². The van der Waals surface area contributed by atoms with Crippen LogP contribution in [0, 0.1) is 0 Å². The molecule has 5 heteroatoms. The third kappa shape index (κ3) is 3.21. The molecule has 1 rings (SSSR count). The molecule has 1 unspecified atom stereocenters. The maximum atomic E-state index is 11.7. The minimum Gasteiger partial charge on any atom is -0.508 e. The van der Waals surface area contributed by atoms with Gasteiger partial charge in [0.2, 0.25) is 0 Å². The van der Waals surface area contributed by atoms with Gasteiger partial charge >= 0.3 is 0 Å². The molecule has 0 saturated carbocycles. The van der Waals surface area contributed by atoms with Crippen LogP contribution in [0.1, 0.15) is 30.6 Å². The van der Waals surface area contributed by atoms with E-state index in [0.29, 0.717) is 6.42 Å². The van der Waals surface area contributed by atoms with Crippen molar-refractivity contribution in [2.45, 2.75) is 26.3 Å². The maximum absolute atomic E-state index is 11.7. The highest BCUT2D eigenvalue weighted by Gasteiger charge is 2.17. The molecule has 0 heterocycles. The number of hydrogen-bond donors (Lipinski definition) is 3. The summed E-state index contributed by atoms with van der Waals surface area (Å²) in [5.74, 6) is -1.05. The maximum Gasteiger partial charge on any atom is 0.255 e. The van der Waals surface area contributed by atoms with Gasteiger partial charge in [-0.05, 0) is 25.1 Å². The number of aromatic hydroxyl groups is 2. The molecule has 0 aliphatic heterocycles. The van der Waals surface area contributed by atoms with Gasteiger partial charge in [-0.15, -0.1) is 0 Å². The molecule has 0 aliphatic rings. The fourth-order valence-corrected chi connectivity index (χ4v) is 1.37. The van der Waals surface area contributed by atoms with Crippen LogP contribution in [0.4, 0.5) is 0 Å². The predicted octanol–water partition coefficient (Wildman–Crippen LogP) is 1.20. The summed E-state index contributed by atoms with van der Waals surface area (Å²) in [6.45, 7) is 3.28. The lowest BCUT2D eigenvalue weighted by atomic mass is 10.1. The highest BCUT2D eigenvalue weighted by atomic mass is 16.3. The minimum atomic E-state index is -0.616. The Morgan fingerprint density at radius 1 is 1.35 bits per heavy atom. The summed E-state index contributed by atoms with van der Waals surface area (Å²) in [7, 11) is 0. The summed E-state index contributed by atoms with van der Waals surface area (Å²) in [6, 6.07) is 3.02. The summed E-state index contributed by atoms with van der Waals surface area (Å²) >= 11 is 0. The first-order valence-corrected chi connectivity index (χ1v) is 5.31. The van der Waals surface area contributed by atoms with Gasteiger partial charge in [0.05, 0.1) is 11.6 Å². The summed E-state index contributed by atoms with van der Waals surface area (Å²) in [5, 5.41) is 21.1. The van der Waals surface area contributed by atoms with Crippen LogP contribution in [0.2, 0.25) is 0 Å². The first-order valence-electron chi connectivity index (χ1n) is 5.31. The molecule has 92 valence electrons. The SMILES string of the molecule is CCC(=O)C(C)NC(=O)c1cc(O)ccc1O. The fourth-order valence-electron chi connectivity index (χ4n) is 1.37. The molecule has 1 aromatic carbocycles. The van der Waals surface area contributed by atoms with Gasteiger partial charge in [-0.25, -0.2) is 0 Å². The first-order chi connectivity index (χ1) is 7.95. The minimum absolute atomic E-state index is 0.0549. The van der Waals surface area contributed by atoms with Gasteiger partial charge in [-0.1, -0.05) is 6.92 Å². The smallest absolute Gasteiger partial charge is 0.255 e. The fraction of sp³-hybridized carbons (Fsp3) is 0.333. The van der Waals surface area contributed by atoms with Crippen LogP contribution in [-0.4, -0.2) is 27.9 Å². The molecule has 0 spiro atoms. The third-order valence-corrected chi connectivity index (χ3v) is 2.40. The number of ketones is 1. The highest BCUT2D eigenvalue weighted by Crippen LogP contribution is 2.21. The number of phenols is 2. The topological polar surface area (TPSA) is 86.6 Å². The number of nitrogens with one attached hydrogen (secondary N) is 1. The Hall–Kier alpha value is -2.04. The molecule has 0 radical (unpaired) electrons. The lowest BCUT2D eigenvalue weighted by Crippen LogP contribution is -2.38. The van der Waals surface area contributed by atoms with E-state index in [1.807, 2.05) is 0 Å². The second-order valence-corrected chi connectivity index (χ2v) is 3.72. The molecule has 0 aromatic heterocycles. The normalized spacial score (nSPS) is 11.9. The van der Waals surface area contributed by atoms with Crippen LogP contribution in [0.15, 0.2) is 18.2 Å². The Morgan fingerprint density at radius 3 is 2.59 bits per heavy atom. The van der Waals surface area contributed by atoms with Crippen LogP contribution in [0.3, 0.4) is 0 Å². The molecule has 1 amide bonds. The zero-order valence-electron chi connectivity index (χ0n) is 9.73. The number of benzene rings is 1. The van der Waals surface area contributed by atoms with E-state index in [1.54, 1.807) is 13.8 Å². The van der Waals surface area contributed by atoms with E-state index in [2.05, 4.69) is 5.32 Å². The van der Waals surface area contributed by atoms with E-state index in [-0.39, 0.29) is 22.8 Å². The molecule has 0 saturated heterocycles. The standard InChI is InChI=1S/C12H15NO4/c1-3-10(15)7(2)13-12(17)9-6-8(14)4-5-11(9)16/h4-7,14,16H,3H2,1-2H3,(H,13,17). The average Bonchev–Trinajstić information content (AvgIpc) is 2.30. The Balaban J connectivity index is 2.83. The summed E-state index contributed by atoms with van der Waals surface area (Å²) < 4.78 is 0. The molecule has 1 atom stereocenters.